The summed E-state index contributed by atoms with van der Waals surface area (Å²) in [6.07, 6.45) is 3.90. The number of nitrogens with zero attached hydrogens (tertiary/aromatic N) is 3. The van der Waals surface area contributed by atoms with Crippen molar-refractivity contribution < 1.29 is 9.53 Å². The average Bonchev–Trinajstić information content (AvgIpc) is 2.92. The summed E-state index contributed by atoms with van der Waals surface area (Å²) in [4.78, 5) is 18.3. The van der Waals surface area contributed by atoms with Crippen LogP contribution in [0.1, 0.15) is 43.5 Å². The largest absolute Gasteiger partial charge is 0.465 e. The zero-order valence-corrected chi connectivity index (χ0v) is 12.7. The van der Waals surface area contributed by atoms with Crippen LogP contribution in [0.4, 0.5) is 5.82 Å². The van der Waals surface area contributed by atoms with E-state index in [1.807, 2.05) is 17.9 Å². The van der Waals surface area contributed by atoms with Crippen LogP contribution in [-0.2, 0) is 22.4 Å². The Morgan fingerprint density at radius 2 is 2.29 bits per heavy atom. The van der Waals surface area contributed by atoms with Crippen LogP contribution in [0.15, 0.2) is 6.07 Å². The Hall–Kier alpha value is -2.09. The SMILES string of the molecule is CCCN(CC(=O)OCC)c1nc2c(cc1C#N)CCC2. The highest BCUT2D eigenvalue weighted by Gasteiger charge is 2.21. The molecule has 1 aliphatic rings. The topological polar surface area (TPSA) is 66.2 Å². The van der Waals surface area contributed by atoms with E-state index in [-0.39, 0.29) is 12.5 Å². The first-order valence-electron chi connectivity index (χ1n) is 7.53. The molecule has 0 saturated carbocycles. The van der Waals surface area contributed by atoms with Crippen LogP contribution in [0.25, 0.3) is 0 Å². The van der Waals surface area contributed by atoms with Crippen LogP contribution in [0, 0.1) is 11.3 Å². The maximum absolute atomic E-state index is 11.8. The van der Waals surface area contributed by atoms with Gasteiger partial charge in [0.1, 0.15) is 18.4 Å². The van der Waals surface area contributed by atoms with E-state index < -0.39 is 0 Å². The Morgan fingerprint density at radius 3 is 2.95 bits per heavy atom. The number of esters is 1. The first-order valence-corrected chi connectivity index (χ1v) is 7.53. The van der Waals surface area contributed by atoms with Gasteiger partial charge in [-0.3, -0.25) is 4.79 Å². The lowest BCUT2D eigenvalue weighted by Crippen LogP contribution is -2.33. The molecule has 0 spiro atoms. The van der Waals surface area contributed by atoms with Gasteiger partial charge in [-0.2, -0.15) is 5.26 Å². The van der Waals surface area contributed by atoms with Gasteiger partial charge in [0.05, 0.1) is 12.2 Å². The van der Waals surface area contributed by atoms with Gasteiger partial charge in [0.2, 0.25) is 0 Å². The number of rotatable bonds is 6. The molecule has 0 bridgehead atoms. The molecule has 0 atom stereocenters. The first kappa shape index (κ1) is 15.3. The summed E-state index contributed by atoms with van der Waals surface area (Å²) in [5.41, 5.74) is 2.78. The van der Waals surface area contributed by atoms with Crippen molar-refractivity contribution in [1.82, 2.24) is 4.98 Å². The third-order valence-corrected chi connectivity index (χ3v) is 3.57. The number of anilines is 1. The predicted octanol–water partition coefficient (Wildman–Crippen LogP) is 2.22. The van der Waals surface area contributed by atoms with E-state index in [0.717, 1.165) is 31.4 Å². The second-order valence-electron chi connectivity index (χ2n) is 5.16. The zero-order chi connectivity index (χ0) is 15.2. The molecule has 0 aromatic carbocycles. The molecule has 5 nitrogen and oxygen atoms in total. The molecule has 2 rings (SSSR count). The number of aryl methyl sites for hydroxylation is 2. The molecule has 0 unspecified atom stereocenters. The van der Waals surface area contributed by atoms with Crippen molar-refractivity contribution in [3.8, 4) is 6.07 Å². The van der Waals surface area contributed by atoms with Crippen LogP contribution >= 0.6 is 0 Å². The molecule has 1 aromatic rings. The van der Waals surface area contributed by atoms with Crippen molar-refractivity contribution in [3.05, 3.63) is 22.9 Å². The number of hydrogen-bond acceptors (Lipinski definition) is 5. The van der Waals surface area contributed by atoms with E-state index in [1.165, 1.54) is 5.56 Å². The molecule has 0 amide bonds. The van der Waals surface area contributed by atoms with E-state index in [1.54, 1.807) is 6.92 Å². The maximum Gasteiger partial charge on any atom is 0.325 e. The van der Waals surface area contributed by atoms with E-state index in [9.17, 15) is 10.1 Å². The number of carbonyl (C=O) groups excluding carboxylic acids is 1. The van der Waals surface area contributed by atoms with Crippen molar-refractivity contribution in [1.29, 1.82) is 5.26 Å². The van der Waals surface area contributed by atoms with Gasteiger partial charge in [-0.15, -0.1) is 0 Å². The van der Waals surface area contributed by atoms with Crippen LogP contribution in [0.2, 0.25) is 0 Å². The van der Waals surface area contributed by atoms with Gasteiger partial charge in [0.15, 0.2) is 0 Å². The summed E-state index contributed by atoms with van der Waals surface area (Å²) in [5, 5.41) is 9.37. The highest BCUT2D eigenvalue weighted by Crippen LogP contribution is 2.27. The molecule has 5 heteroatoms. The minimum atomic E-state index is -0.280. The Labute approximate surface area is 125 Å². The molecule has 21 heavy (non-hydrogen) atoms. The smallest absolute Gasteiger partial charge is 0.325 e. The number of carbonyl (C=O) groups is 1. The molecule has 1 aliphatic carbocycles. The minimum Gasteiger partial charge on any atom is -0.465 e. The average molecular weight is 287 g/mol. The normalized spacial score (nSPS) is 12.6. The fourth-order valence-corrected chi connectivity index (χ4v) is 2.68. The van der Waals surface area contributed by atoms with Gasteiger partial charge in [-0.25, -0.2) is 4.98 Å². The van der Waals surface area contributed by atoms with Gasteiger partial charge in [0, 0.05) is 12.2 Å². The summed E-state index contributed by atoms with van der Waals surface area (Å²) < 4.78 is 5.02. The maximum atomic E-state index is 11.8. The second kappa shape index (κ2) is 7.07. The van der Waals surface area contributed by atoms with Crippen molar-refractivity contribution >= 4 is 11.8 Å². The Bertz CT molecular complexity index is 563. The third-order valence-electron chi connectivity index (χ3n) is 3.57. The van der Waals surface area contributed by atoms with Crippen LogP contribution < -0.4 is 4.90 Å². The summed E-state index contributed by atoms with van der Waals surface area (Å²) in [5.74, 6) is 0.338. The number of aromatic nitrogens is 1. The molecule has 1 aromatic heterocycles. The number of pyridine rings is 1. The molecule has 0 saturated heterocycles. The van der Waals surface area contributed by atoms with Crippen molar-refractivity contribution in [3.63, 3.8) is 0 Å². The number of fused-ring (bicyclic) bond motifs is 1. The summed E-state index contributed by atoms with van der Waals surface area (Å²) in [6.45, 7) is 5.01. The lowest BCUT2D eigenvalue weighted by molar-refractivity contribution is -0.141. The molecular weight excluding hydrogens is 266 g/mol. The van der Waals surface area contributed by atoms with Gasteiger partial charge in [-0.05, 0) is 44.2 Å². The summed E-state index contributed by atoms with van der Waals surface area (Å²) >= 11 is 0. The highest BCUT2D eigenvalue weighted by atomic mass is 16.5. The van der Waals surface area contributed by atoms with E-state index in [4.69, 9.17) is 4.74 Å². The Balaban J connectivity index is 2.31. The van der Waals surface area contributed by atoms with E-state index >= 15 is 0 Å². The fourth-order valence-electron chi connectivity index (χ4n) is 2.68. The van der Waals surface area contributed by atoms with Crippen molar-refractivity contribution in [2.75, 3.05) is 24.6 Å². The fraction of sp³-hybridized carbons (Fsp3) is 0.562. The molecule has 0 aliphatic heterocycles. The van der Waals surface area contributed by atoms with E-state index in [0.29, 0.717) is 24.5 Å². The monoisotopic (exact) mass is 287 g/mol. The minimum absolute atomic E-state index is 0.141. The number of ether oxygens (including phenoxy) is 1. The van der Waals surface area contributed by atoms with Crippen molar-refractivity contribution in [2.24, 2.45) is 0 Å². The zero-order valence-electron chi connectivity index (χ0n) is 12.7. The van der Waals surface area contributed by atoms with E-state index in [2.05, 4.69) is 11.1 Å². The van der Waals surface area contributed by atoms with Gasteiger partial charge < -0.3 is 9.64 Å². The molecular formula is C16H21N3O2. The molecule has 0 fully saturated rings. The molecule has 0 radical (unpaired) electrons. The Morgan fingerprint density at radius 1 is 1.48 bits per heavy atom. The second-order valence-corrected chi connectivity index (χ2v) is 5.16. The van der Waals surface area contributed by atoms with Gasteiger partial charge in [0.25, 0.3) is 0 Å². The quantitative estimate of drug-likeness (QED) is 0.751. The summed E-state index contributed by atoms with van der Waals surface area (Å²) in [7, 11) is 0. The lowest BCUT2D eigenvalue weighted by Gasteiger charge is -2.23. The lowest BCUT2D eigenvalue weighted by atomic mass is 10.1. The number of nitriles is 1. The van der Waals surface area contributed by atoms with Gasteiger partial charge >= 0.3 is 5.97 Å². The van der Waals surface area contributed by atoms with Crippen molar-refractivity contribution in [2.45, 2.75) is 39.5 Å². The van der Waals surface area contributed by atoms with Crippen LogP contribution in [-0.4, -0.2) is 30.6 Å². The summed E-state index contributed by atoms with van der Waals surface area (Å²) in [6, 6.07) is 4.14. The van der Waals surface area contributed by atoms with Crippen LogP contribution in [0.3, 0.4) is 0 Å². The molecule has 112 valence electrons. The predicted molar refractivity (Wildman–Crippen MR) is 80.1 cm³/mol. The molecule has 1 heterocycles. The van der Waals surface area contributed by atoms with Crippen LogP contribution in [0.5, 0.6) is 0 Å². The third kappa shape index (κ3) is 3.52. The standard InChI is InChI=1S/C16H21N3O2/c1-3-8-19(11-15(20)21-4-2)16-13(10-17)9-12-6-5-7-14(12)18-16/h9H,3-8,11H2,1-2H3. The van der Waals surface area contributed by atoms with Gasteiger partial charge in [-0.1, -0.05) is 6.92 Å². The molecule has 0 N–H and O–H groups in total. The first-order chi connectivity index (χ1) is 10.2. The highest BCUT2D eigenvalue weighted by molar-refractivity contribution is 5.76. The number of hydrogen-bond donors (Lipinski definition) is 0. The Kier molecular flexibility index (Phi) is 5.15.